The quantitative estimate of drug-likeness (QED) is 0.687. The molecule has 35 heavy (non-hydrogen) atoms. The summed E-state index contributed by atoms with van der Waals surface area (Å²) in [5, 5.41) is 3.67. The van der Waals surface area contributed by atoms with Crippen molar-refractivity contribution in [1.82, 2.24) is 10.2 Å². The maximum Gasteiger partial charge on any atom is 0.410 e. The van der Waals surface area contributed by atoms with Crippen LogP contribution in [-0.2, 0) is 16.1 Å². The van der Waals surface area contributed by atoms with Crippen LogP contribution in [0.2, 0.25) is 0 Å². The van der Waals surface area contributed by atoms with E-state index in [-0.39, 0.29) is 30.7 Å². The summed E-state index contributed by atoms with van der Waals surface area (Å²) < 4.78 is 17.0. The molecule has 0 aliphatic carbocycles. The van der Waals surface area contributed by atoms with Gasteiger partial charge in [0.25, 0.3) is 5.91 Å². The fraction of sp³-hybridized carbons (Fsp3) is 0.481. The number of piperidine rings is 1. The van der Waals surface area contributed by atoms with E-state index in [0.717, 1.165) is 29.7 Å². The van der Waals surface area contributed by atoms with Gasteiger partial charge < -0.3 is 24.4 Å². The Bertz CT molecular complexity index is 1070. The van der Waals surface area contributed by atoms with Crippen LogP contribution in [0, 0.1) is 0 Å². The zero-order valence-corrected chi connectivity index (χ0v) is 21.2. The minimum Gasteiger partial charge on any atom is -0.496 e. The summed E-state index contributed by atoms with van der Waals surface area (Å²) >= 11 is 0. The van der Waals surface area contributed by atoms with Crippen molar-refractivity contribution in [2.24, 2.45) is 0 Å². The van der Waals surface area contributed by atoms with Crippen LogP contribution in [0.15, 0.2) is 42.5 Å². The molecule has 2 aromatic rings. The zero-order valence-electron chi connectivity index (χ0n) is 21.2. The van der Waals surface area contributed by atoms with Crippen molar-refractivity contribution in [3.05, 3.63) is 53.6 Å². The van der Waals surface area contributed by atoms with Crippen molar-refractivity contribution in [3.63, 3.8) is 0 Å². The molecule has 2 unspecified atom stereocenters. The van der Waals surface area contributed by atoms with Gasteiger partial charge in [0, 0.05) is 37.8 Å². The Morgan fingerprint density at radius 2 is 1.94 bits per heavy atom. The summed E-state index contributed by atoms with van der Waals surface area (Å²) in [5.41, 5.74) is 2.13. The molecule has 1 saturated heterocycles. The molecule has 8 nitrogen and oxygen atoms in total. The Balaban J connectivity index is 1.60. The number of carbonyl (C=O) groups excluding carboxylic acids is 2. The minimum absolute atomic E-state index is 0.00928. The third kappa shape index (κ3) is 5.53. The molecule has 0 spiro atoms. The predicted octanol–water partition coefficient (Wildman–Crippen LogP) is 4.28. The van der Waals surface area contributed by atoms with E-state index in [0.29, 0.717) is 24.6 Å². The molecule has 1 N–H and O–H groups in total. The van der Waals surface area contributed by atoms with Gasteiger partial charge in [-0.2, -0.15) is 0 Å². The Labute approximate surface area is 207 Å². The Kier molecular flexibility index (Phi) is 7.21. The number of methoxy groups -OCH3 is 1. The molecule has 0 aromatic heterocycles. The number of carbonyl (C=O) groups is 2. The number of nitrogens with one attached hydrogen (secondary N) is 1. The van der Waals surface area contributed by atoms with E-state index in [4.69, 9.17) is 14.2 Å². The maximum atomic E-state index is 13.1. The second-order valence-electron chi connectivity index (χ2n) is 10.0. The molecule has 0 radical (unpaired) electrons. The number of rotatable bonds is 5. The van der Waals surface area contributed by atoms with Crippen molar-refractivity contribution >= 4 is 17.7 Å². The van der Waals surface area contributed by atoms with Gasteiger partial charge in [0.1, 0.15) is 17.1 Å². The SMILES string of the molecule is COc1cc2c(cc1CNC1CCCN(C(=O)OC(C)(C)C)C1c1ccccc1)N(C)C(=O)CO2. The second kappa shape index (κ2) is 10.2. The number of amides is 2. The van der Waals surface area contributed by atoms with Gasteiger partial charge in [-0.25, -0.2) is 4.79 Å². The lowest BCUT2D eigenvalue weighted by atomic mass is 9.90. The first-order valence-corrected chi connectivity index (χ1v) is 12.1. The summed E-state index contributed by atoms with van der Waals surface area (Å²) in [6, 6.07) is 13.7. The molecule has 2 aromatic carbocycles. The molecular weight excluding hydrogens is 446 g/mol. The Morgan fingerprint density at radius 1 is 1.20 bits per heavy atom. The van der Waals surface area contributed by atoms with Crippen molar-refractivity contribution in [1.29, 1.82) is 0 Å². The molecule has 2 aliphatic heterocycles. The average molecular weight is 482 g/mol. The van der Waals surface area contributed by atoms with E-state index in [1.165, 1.54) is 0 Å². The average Bonchev–Trinajstić information content (AvgIpc) is 2.84. The summed E-state index contributed by atoms with van der Waals surface area (Å²) in [4.78, 5) is 28.7. The van der Waals surface area contributed by atoms with Crippen LogP contribution < -0.4 is 19.7 Å². The largest absolute Gasteiger partial charge is 0.496 e. The number of nitrogens with zero attached hydrogens (tertiary/aromatic N) is 2. The molecule has 2 atom stereocenters. The van der Waals surface area contributed by atoms with Gasteiger partial charge in [-0.3, -0.25) is 9.69 Å². The molecule has 0 saturated carbocycles. The van der Waals surface area contributed by atoms with Crippen molar-refractivity contribution in [2.45, 2.75) is 57.8 Å². The van der Waals surface area contributed by atoms with E-state index >= 15 is 0 Å². The lowest BCUT2D eigenvalue weighted by Crippen LogP contribution is -2.51. The van der Waals surface area contributed by atoms with Gasteiger partial charge >= 0.3 is 6.09 Å². The number of likely N-dealkylation sites (tertiary alicyclic amines) is 1. The number of hydrogen-bond acceptors (Lipinski definition) is 6. The van der Waals surface area contributed by atoms with Crippen LogP contribution in [0.3, 0.4) is 0 Å². The fourth-order valence-electron chi connectivity index (χ4n) is 4.71. The van der Waals surface area contributed by atoms with Gasteiger partial charge in [-0.15, -0.1) is 0 Å². The highest BCUT2D eigenvalue weighted by molar-refractivity contribution is 5.97. The van der Waals surface area contributed by atoms with Crippen LogP contribution in [0.5, 0.6) is 11.5 Å². The number of likely N-dealkylation sites (N-methyl/N-ethyl adjacent to an activating group) is 1. The van der Waals surface area contributed by atoms with Crippen LogP contribution >= 0.6 is 0 Å². The van der Waals surface area contributed by atoms with Crippen LogP contribution in [0.25, 0.3) is 0 Å². The lowest BCUT2D eigenvalue weighted by Gasteiger charge is -2.42. The van der Waals surface area contributed by atoms with Crippen molar-refractivity contribution in [2.75, 3.05) is 32.2 Å². The number of fused-ring (bicyclic) bond motifs is 1. The number of ether oxygens (including phenoxy) is 3. The van der Waals surface area contributed by atoms with E-state index in [9.17, 15) is 9.59 Å². The van der Waals surface area contributed by atoms with Gasteiger partial charge in [0.2, 0.25) is 0 Å². The van der Waals surface area contributed by atoms with Gasteiger partial charge in [-0.1, -0.05) is 30.3 Å². The number of hydrogen-bond donors (Lipinski definition) is 1. The summed E-state index contributed by atoms with van der Waals surface area (Å²) in [5.74, 6) is 1.23. The molecule has 8 heteroatoms. The lowest BCUT2D eigenvalue weighted by molar-refractivity contribution is -0.121. The fourth-order valence-corrected chi connectivity index (χ4v) is 4.71. The summed E-state index contributed by atoms with van der Waals surface area (Å²) in [7, 11) is 3.37. The Hall–Kier alpha value is -3.26. The predicted molar refractivity (Wildman–Crippen MR) is 134 cm³/mol. The standard InChI is InChI=1S/C27H35N3O5/c1-27(2,3)35-26(32)30-13-9-12-20(25(30)18-10-7-6-8-11-18)28-16-19-14-21-23(15-22(19)33-5)34-17-24(31)29(21)4/h6-8,10-11,14-15,20,25,28H,9,12-13,16-17H2,1-5H3. The monoisotopic (exact) mass is 481 g/mol. The third-order valence-electron chi connectivity index (χ3n) is 6.40. The third-order valence-corrected chi connectivity index (χ3v) is 6.40. The number of benzene rings is 2. The first kappa shape index (κ1) is 24.9. The van der Waals surface area contributed by atoms with E-state index in [1.807, 2.05) is 56.0 Å². The molecule has 188 valence electrons. The van der Waals surface area contributed by atoms with E-state index < -0.39 is 5.60 Å². The second-order valence-corrected chi connectivity index (χ2v) is 10.0. The van der Waals surface area contributed by atoms with Crippen molar-refractivity contribution < 1.29 is 23.8 Å². The van der Waals surface area contributed by atoms with Crippen LogP contribution in [0.4, 0.5) is 10.5 Å². The highest BCUT2D eigenvalue weighted by Gasteiger charge is 2.37. The zero-order chi connectivity index (χ0) is 25.2. The first-order chi connectivity index (χ1) is 16.7. The maximum absolute atomic E-state index is 13.1. The molecule has 1 fully saturated rings. The summed E-state index contributed by atoms with van der Waals surface area (Å²) in [6.07, 6.45) is 1.47. The highest BCUT2D eigenvalue weighted by Crippen LogP contribution is 2.38. The molecule has 2 amide bonds. The van der Waals surface area contributed by atoms with E-state index in [2.05, 4.69) is 17.4 Å². The topological polar surface area (TPSA) is 80.3 Å². The first-order valence-electron chi connectivity index (χ1n) is 12.1. The number of anilines is 1. The minimum atomic E-state index is -0.569. The molecule has 0 bridgehead atoms. The summed E-state index contributed by atoms with van der Waals surface area (Å²) in [6.45, 7) is 6.82. The molecule has 2 heterocycles. The van der Waals surface area contributed by atoms with E-state index in [1.54, 1.807) is 19.1 Å². The van der Waals surface area contributed by atoms with Gasteiger partial charge in [0.15, 0.2) is 6.61 Å². The molecule has 4 rings (SSSR count). The highest BCUT2D eigenvalue weighted by atomic mass is 16.6. The molecular formula is C27H35N3O5. The normalized spacial score (nSPS) is 20.2. The smallest absolute Gasteiger partial charge is 0.410 e. The molecule has 2 aliphatic rings. The van der Waals surface area contributed by atoms with Crippen molar-refractivity contribution in [3.8, 4) is 11.5 Å². The van der Waals surface area contributed by atoms with Crippen LogP contribution in [-0.4, -0.2) is 55.9 Å². The van der Waals surface area contributed by atoms with Gasteiger partial charge in [-0.05, 0) is 45.2 Å². The van der Waals surface area contributed by atoms with Crippen LogP contribution in [0.1, 0.15) is 50.8 Å². The van der Waals surface area contributed by atoms with Gasteiger partial charge in [0.05, 0.1) is 18.8 Å². The Morgan fingerprint density at radius 3 is 2.63 bits per heavy atom.